The first-order valence-corrected chi connectivity index (χ1v) is 8.54. The van der Waals surface area contributed by atoms with Gasteiger partial charge in [-0.15, -0.1) is 0 Å². The maximum atomic E-state index is 12.1. The molecule has 2 aliphatic heterocycles. The second-order valence-corrected chi connectivity index (χ2v) is 7.94. The van der Waals surface area contributed by atoms with E-state index in [1.165, 1.54) is 25.7 Å². The second-order valence-electron chi connectivity index (χ2n) is 5.95. The van der Waals surface area contributed by atoms with Crippen molar-refractivity contribution in [3.8, 4) is 0 Å². The van der Waals surface area contributed by atoms with Crippen molar-refractivity contribution in [3.63, 3.8) is 0 Å². The normalized spacial score (nSPS) is 41.4. The average molecular weight is 258 g/mol. The van der Waals surface area contributed by atoms with Crippen LogP contribution in [-0.2, 0) is 10.8 Å². The molecule has 100 valence electrons. The third-order valence-electron chi connectivity index (χ3n) is 4.42. The highest BCUT2D eigenvalue weighted by atomic mass is 32.2. The van der Waals surface area contributed by atoms with Gasteiger partial charge in [0.15, 0.2) is 0 Å². The summed E-state index contributed by atoms with van der Waals surface area (Å²) in [5.41, 5.74) is -0.489. The highest BCUT2D eigenvalue weighted by Gasteiger charge is 2.44. The highest BCUT2D eigenvalue weighted by molar-refractivity contribution is 7.86. The maximum absolute atomic E-state index is 12.1. The van der Waals surface area contributed by atoms with Crippen molar-refractivity contribution in [3.05, 3.63) is 0 Å². The van der Waals surface area contributed by atoms with E-state index in [0.29, 0.717) is 10.5 Å². The Bertz CT molecular complexity index is 261. The van der Waals surface area contributed by atoms with Gasteiger partial charge in [-0.1, -0.05) is 39.0 Å². The Kier molecular flexibility index (Phi) is 4.65. The highest BCUT2D eigenvalue weighted by Crippen LogP contribution is 2.41. The summed E-state index contributed by atoms with van der Waals surface area (Å²) in [5, 5.41) is 11.2. The Labute approximate surface area is 108 Å². The lowest BCUT2D eigenvalue weighted by molar-refractivity contribution is 0.000894. The minimum absolute atomic E-state index is 0.290. The SMILES string of the molecule is CCCCCCC1(O)CC2CCCC(C1)S2=O. The lowest BCUT2D eigenvalue weighted by Gasteiger charge is -2.43. The number of rotatable bonds is 5. The van der Waals surface area contributed by atoms with Crippen LogP contribution in [0.2, 0.25) is 0 Å². The molecule has 0 spiro atoms. The van der Waals surface area contributed by atoms with Crippen LogP contribution in [0, 0.1) is 0 Å². The minimum atomic E-state index is -0.651. The maximum Gasteiger partial charge on any atom is 0.0670 e. The zero-order valence-electron chi connectivity index (χ0n) is 11.0. The van der Waals surface area contributed by atoms with Crippen molar-refractivity contribution in [2.24, 2.45) is 0 Å². The predicted octanol–water partition coefficient (Wildman–Crippen LogP) is 3.15. The lowest BCUT2D eigenvalue weighted by atomic mass is 9.82. The molecule has 0 radical (unpaired) electrons. The molecule has 0 saturated carbocycles. The van der Waals surface area contributed by atoms with Gasteiger partial charge in [0.25, 0.3) is 0 Å². The fraction of sp³-hybridized carbons (Fsp3) is 1.00. The van der Waals surface area contributed by atoms with Gasteiger partial charge in [0.2, 0.25) is 0 Å². The van der Waals surface area contributed by atoms with E-state index in [9.17, 15) is 9.32 Å². The molecule has 2 bridgehead atoms. The quantitative estimate of drug-likeness (QED) is 0.769. The van der Waals surface area contributed by atoms with Crippen LogP contribution in [0.1, 0.15) is 71.1 Å². The van der Waals surface area contributed by atoms with Crippen LogP contribution in [0.25, 0.3) is 0 Å². The van der Waals surface area contributed by atoms with E-state index in [1.807, 2.05) is 0 Å². The van der Waals surface area contributed by atoms with E-state index >= 15 is 0 Å². The molecule has 0 aromatic rings. The third kappa shape index (κ3) is 3.31. The Morgan fingerprint density at radius 1 is 1.18 bits per heavy atom. The van der Waals surface area contributed by atoms with Crippen LogP contribution in [0.4, 0.5) is 0 Å². The van der Waals surface area contributed by atoms with Gasteiger partial charge in [0.05, 0.1) is 5.60 Å². The van der Waals surface area contributed by atoms with Crippen LogP contribution < -0.4 is 0 Å². The summed E-state index contributed by atoms with van der Waals surface area (Å²) in [5.74, 6) is 0. The molecule has 2 heterocycles. The van der Waals surface area contributed by atoms with Crippen LogP contribution >= 0.6 is 0 Å². The van der Waals surface area contributed by atoms with E-state index in [4.69, 9.17) is 0 Å². The number of hydrogen-bond donors (Lipinski definition) is 1. The number of hydrogen-bond acceptors (Lipinski definition) is 2. The molecule has 2 aliphatic rings. The molecule has 2 atom stereocenters. The van der Waals surface area contributed by atoms with Crippen molar-refractivity contribution >= 4 is 10.8 Å². The van der Waals surface area contributed by atoms with Gasteiger partial charge in [-0.05, 0) is 32.1 Å². The zero-order valence-corrected chi connectivity index (χ0v) is 11.8. The van der Waals surface area contributed by atoms with Crippen LogP contribution in [-0.4, -0.2) is 25.4 Å². The third-order valence-corrected chi connectivity index (χ3v) is 6.54. The van der Waals surface area contributed by atoms with Gasteiger partial charge in [0, 0.05) is 21.3 Å². The molecule has 0 amide bonds. The van der Waals surface area contributed by atoms with E-state index in [-0.39, 0.29) is 0 Å². The fourth-order valence-corrected chi connectivity index (χ4v) is 5.75. The Hall–Kier alpha value is 0.110. The molecule has 2 saturated heterocycles. The molecular weight excluding hydrogens is 232 g/mol. The summed E-state index contributed by atoms with van der Waals surface area (Å²) in [6.07, 6.45) is 10.8. The fourth-order valence-electron chi connectivity index (χ4n) is 3.46. The van der Waals surface area contributed by atoms with Crippen molar-refractivity contribution in [2.75, 3.05) is 0 Å². The zero-order chi connectivity index (χ0) is 12.3. The lowest BCUT2D eigenvalue weighted by Crippen LogP contribution is -2.48. The van der Waals surface area contributed by atoms with Gasteiger partial charge in [-0.3, -0.25) is 4.21 Å². The monoisotopic (exact) mass is 258 g/mol. The van der Waals surface area contributed by atoms with Crippen molar-refractivity contribution in [1.29, 1.82) is 0 Å². The number of unbranched alkanes of at least 4 members (excludes halogenated alkanes) is 3. The largest absolute Gasteiger partial charge is 0.390 e. The van der Waals surface area contributed by atoms with Gasteiger partial charge in [0.1, 0.15) is 0 Å². The first-order valence-electron chi connectivity index (χ1n) is 7.26. The summed E-state index contributed by atoms with van der Waals surface area (Å²) in [7, 11) is -0.651. The Morgan fingerprint density at radius 2 is 1.82 bits per heavy atom. The molecule has 17 heavy (non-hydrogen) atoms. The van der Waals surface area contributed by atoms with E-state index in [1.54, 1.807) is 0 Å². The number of fused-ring (bicyclic) bond motifs is 2. The smallest absolute Gasteiger partial charge is 0.0670 e. The molecular formula is C14H26O2S. The van der Waals surface area contributed by atoms with Crippen LogP contribution in [0.5, 0.6) is 0 Å². The first-order chi connectivity index (χ1) is 8.14. The topological polar surface area (TPSA) is 37.3 Å². The summed E-state index contributed by atoms with van der Waals surface area (Å²) in [6, 6.07) is 0. The van der Waals surface area contributed by atoms with Crippen molar-refractivity contribution in [2.45, 2.75) is 87.2 Å². The summed E-state index contributed by atoms with van der Waals surface area (Å²) in [6.45, 7) is 2.21. The Balaban J connectivity index is 1.86. The summed E-state index contributed by atoms with van der Waals surface area (Å²) in [4.78, 5) is 0. The van der Waals surface area contributed by atoms with E-state index in [2.05, 4.69) is 6.92 Å². The standard InChI is InChI=1S/C14H26O2S/c1-2-3-4-5-9-14(15)10-12-7-6-8-13(11-14)17(12)16/h12-13,15H,2-11H2,1H3. The molecule has 0 aromatic carbocycles. The molecule has 0 aliphatic carbocycles. The van der Waals surface area contributed by atoms with Gasteiger partial charge in [-0.2, -0.15) is 0 Å². The predicted molar refractivity (Wildman–Crippen MR) is 72.5 cm³/mol. The minimum Gasteiger partial charge on any atom is -0.390 e. The van der Waals surface area contributed by atoms with Crippen LogP contribution in [0.3, 0.4) is 0 Å². The summed E-state index contributed by atoms with van der Waals surface area (Å²) >= 11 is 0. The van der Waals surface area contributed by atoms with Gasteiger partial charge < -0.3 is 5.11 Å². The van der Waals surface area contributed by atoms with Crippen molar-refractivity contribution < 1.29 is 9.32 Å². The molecule has 2 fully saturated rings. The molecule has 3 heteroatoms. The Morgan fingerprint density at radius 3 is 2.41 bits per heavy atom. The van der Waals surface area contributed by atoms with Gasteiger partial charge in [-0.25, -0.2) is 0 Å². The van der Waals surface area contributed by atoms with Crippen LogP contribution in [0.15, 0.2) is 0 Å². The van der Waals surface area contributed by atoms with E-state index < -0.39 is 16.4 Å². The molecule has 2 unspecified atom stereocenters. The molecule has 2 rings (SSSR count). The van der Waals surface area contributed by atoms with E-state index in [0.717, 1.165) is 38.5 Å². The van der Waals surface area contributed by atoms with Gasteiger partial charge >= 0.3 is 0 Å². The number of aliphatic hydroxyl groups is 1. The van der Waals surface area contributed by atoms with Crippen molar-refractivity contribution in [1.82, 2.24) is 0 Å². The molecule has 1 N–H and O–H groups in total. The second kappa shape index (κ2) is 5.83. The molecule has 2 nitrogen and oxygen atoms in total. The first kappa shape index (κ1) is 13.5. The average Bonchev–Trinajstić information content (AvgIpc) is 2.27. The summed E-state index contributed by atoms with van der Waals surface area (Å²) < 4.78 is 12.1. The molecule has 0 aromatic heterocycles.